The molecule has 3 atom stereocenters. The number of hydrogen-bond donors (Lipinski definition) is 1. The molecule has 1 unspecified atom stereocenters. The number of likely N-dealkylation sites (tertiary alicyclic amines) is 1. The van der Waals surface area contributed by atoms with Crippen LogP contribution in [0.1, 0.15) is 48.7 Å². The quantitative estimate of drug-likeness (QED) is 0.876. The number of amides is 1. The van der Waals surface area contributed by atoms with Gasteiger partial charge in [-0.3, -0.25) is 4.79 Å². The van der Waals surface area contributed by atoms with Gasteiger partial charge in [0.25, 0.3) is 5.88 Å². The highest BCUT2D eigenvalue weighted by molar-refractivity contribution is 7.09. The molecule has 1 fully saturated rings. The number of thiazole rings is 1. The average Bonchev–Trinajstić information content (AvgIpc) is 3.26. The summed E-state index contributed by atoms with van der Waals surface area (Å²) >= 11 is 1.52. The van der Waals surface area contributed by atoms with Gasteiger partial charge in [0.05, 0.1) is 19.3 Å². The van der Waals surface area contributed by atoms with Crippen LogP contribution in [-0.4, -0.2) is 45.8 Å². The second-order valence-electron chi connectivity index (χ2n) is 6.72. The molecule has 3 heterocycles. The lowest BCUT2D eigenvalue weighted by atomic mass is 9.91. The highest BCUT2D eigenvalue weighted by atomic mass is 32.1. The number of aryl methyl sites for hydroxylation is 1. The Morgan fingerprint density at radius 1 is 1.52 bits per heavy atom. The zero-order valence-corrected chi connectivity index (χ0v) is 15.6. The van der Waals surface area contributed by atoms with Crippen molar-refractivity contribution in [3.05, 3.63) is 27.9 Å². The molecular weight excluding hydrogens is 342 g/mol. The van der Waals surface area contributed by atoms with E-state index in [0.717, 1.165) is 10.7 Å². The van der Waals surface area contributed by atoms with Gasteiger partial charge < -0.3 is 19.3 Å². The third kappa shape index (κ3) is 3.55. The minimum atomic E-state index is -0.546. The summed E-state index contributed by atoms with van der Waals surface area (Å²) < 4.78 is 10.4. The van der Waals surface area contributed by atoms with Gasteiger partial charge in [-0.2, -0.15) is 0 Å². The van der Waals surface area contributed by atoms with Crippen LogP contribution in [0.4, 0.5) is 0 Å². The first-order valence-corrected chi connectivity index (χ1v) is 9.19. The summed E-state index contributed by atoms with van der Waals surface area (Å²) in [4.78, 5) is 19.5. The van der Waals surface area contributed by atoms with Crippen molar-refractivity contribution in [1.29, 1.82) is 0 Å². The molecule has 3 rings (SSSR count). The molecule has 1 amide bonds. The van der Waals surface area contributed by atoms with Crippen molar-refractivity contribution in [2.24, 2.45) is 5.92 Å². The van der Waals surface area contributed by atoms with Gasteiger partial charge in [-0.05, 0) is 18.0 Å². The molecule has 0 spiro atoms. The minimum Gasteiger partial charge on any atom is -0.479 e. The van der Waals surface area contributed by atoms with Gasteiger partial charge in [0, 0.05) is 30.1 Å². The molecule has 1 saturated heterocycles. The summed E-state index contributed by atoms with van der Waals surface area (Å²) in [7, 11) is 1.51. The highest BCUT2D eigenvalue weighted by Gasteiger charge is 2.41. The Morgan fingerprint density at radius 2 is 2.28 bits per heavy atom. The molecule has 1 aliphatic heterocycles. The fraction of sp³-hybridized carbons (Fsp3) is 0.588. The first-order valence-electron chi connectivity index (χ1n) is 8.31. The van der Waals surface area contributed by atoms with Gasteiger partial charge in [-0.25, -0.2) is 4.98 Å². The zero-order chi connectivity index (χ0) is 18.1. The van der Waals surface area contributed by atoms with Crippen molar-refractivity contribution in [2.45, 2.75) is 45.3 Å². The van der Waals surface area contributed by atoms with Crippen molar-refractivity contribution >= 4 is 17.2 Å². The van der Waals surface area contributed by atoms with E-state index in [1.807, 2.05) is 26.2 Å². The number of nitrogens with zero attached hydrogens (tertiary/aromatic N) is 3. The number of rotatable bonds is 5. The molecule has 8 heteroatoms. The summed E-state index contributed by atoms with van der Waals surface area (Å²) in [5, 5.41) is 16.8. The molecule has 0 bridgehead atoms. The van der Waals surface area contributed by atoms with Gasteiger partial charge in [0.2, 0.25) is 5.91 Å². The van der Waals surface area contributed by atoms with Crippen LogP contribution in [0.5, 0.6) is 5.88 Å². The second-order valence-corrected chi connectivity index (χ2v) is 7.61. The molecule has 7 nitrogen and oxygen atoms in total. The number of β-amino-alcohol motifs (C(OH)–C–C–N with tert-alkyl or cyclic N) is 1. The van der Waals surface area contributed by atoms with Crippen LogP contribution in [0.3, 0.4) is 0 Å². The largest absolute Gasteiger partial charge is 0.479 e. The first kappa shape index (κ1) is 17.9. The van der Waals surface area contributed by atoms with Crippen molar-refractivity contribution < 1.29 is 19.2 Å². The Hall–Kier alpha value is -1.93. The van der Waals surface area contributed by atoms with E-state index in [4.69, 9.17) is 9.26 Å². The lowest BCUT2D eigenvalue weighted by molar-refractivity contribution is -0.135. The molecule has 2 aromatic rings. The predicted octanol–water partition coefficient (Wildman–Crippen LogP) is 2.52. The van der Waals surface area contributed by atoms with E-state index in [0.29, 0.717) is 24.6 Å². The maximum Gasteiger partial charge on any atom is 0.254 e. The Bertz CT molecular complexity index is 742. The molecule has 1 aliphatic rings. The fourth-order valence-corrected chi connectivity index (χ4v) is 4.17. The Balaban J connectivity index is 1.89. The first-order chi connectivity index (χ1) is 11.9. The number of aliphatic hydroxyl groups excluding tert-OH is 1. The van der Waals surface area contributed by atoms with Crippen LogP contribution in [0.2, 0.25) is 0 Å². The maximum atomic E-state index is 13.3. The van der Waals surface area contributed by atoms with E-state index >= 15 is 0 Å². The summed E-state index contributed by atoms with van der Waals surface area (Å²) in [6, 6.07) is 1.45. The molecular formula is C17H23N3O4S. The SMILES string of the molecule is COc1cc(C(C(=O)N2C[C@H](O)C[C@H]2c2nc(C)cs2)C(C)C)on1. The smallest absolute Gasteiger partial charge is 0.254 e. The number of carbonyl (C=O) groups excluding carboxylic acids is 1. The van der Waals surface area contributed by atoms with Crippen LogP contribution < -0.4 is 4.74 Å². The number of ether oxygens (including phenoxy) is 1. The van der Waals surface area contributed by atoms with Crippen molar-refractivity contribution in [2.75, 3.05) is 13.7 Å². The van der Waals surface area contributed by atoms with E-state index in [2.05, 4.69) is 10.1 Å². The molecule has 1 N–H and O–H groups in total. The topological polar surface area (TPSA) is 88.7 Å². The fourth-order valence-electron chi connectivity index (χ4n) is 3.25. The van der Waals surface area contributed by atoms with Crippen LogP contribution >= 0.6 is 11.3 Å². The van der Waals surface area contributed by atoms with Crippen molar-refractivity contribution in [3.63, 3.8) is 0 Å². The monoisotopic (exact) mass is 365 g/mol. The minimum absolute atomic E-state index is 0.0154. The van der Waals surface area contributed by atoms with E-state index in [1.165, 1.54) is 18.4 Å². The van der Waals surface area contributed by atoms with Crippen LogP contribution in [0.15, 0.2) is 16.0 Å². The summed E-state index contributed by atoms with van der Waals surface area (Å²) in [5.41, 5.74) is 0.925. The number of methoxy groups -OCH3 is 1. The average molecular weight is 365 g/mol. The van der Waals surface area contributed by atoms with Crippen molar-refractivity contribution in [3.8, 4) is 5.88 Å². The maximum absolute atomic E-state index is 13.3. The number of aromatic nitrogens is 2. The van der Waals surface area contributed by atoms with Gasteiger partial charge in [0.15, 0.2) is 5.76 Å². The van der Waals surface area contributed by atoms with Crippen LogP contribution in [-0.2, 0) is 4.79 Å². The highest BCUT2D eigenvalue weighted by Crippen LogP contribution is 2.38. The second kappa shape index (κ2) is 7.13. The predicted molar refractivity (Wildman–Crippen MR) is 92.6 cm³/mol. The van der Waals surface area contributed by atoms with Gasteiger partial charge in [0.1, 0.15) is 10.9 Å². The third-order valence-corrected chi connectivity index (χ3v) is 5.50. The molecule has 25 heavy (non-hydrogen) atoms. The summed E-state index contributed by atoms with van der Waals surface area (Å²) in [6.45, 7) is 6.16. The Labute approximate surface area is 150 Å². The zero-order valence-electron chi connectivity index (χ0n) is 14.8. The molecule has 2 aromatic heterocycles. The molecule has 136 valence electrons. The normalized spacial score (nSPS) is 21.8. The number of aliphatic hydroxyl groups is 1. The van der Waals surface area contributed by atoms with E-state index in [9.17, 15) is 9.90 Å². The Kier molecular flexibility index (Phi) is 5.10. The number of carbonyl (C=O) groups is 1. The molecule has 0 aromatic carbocycles. The standard InChI is InChI=1S/C17H23N3O4S/c1-9(2)15(13-6-14(23-4)19-24-13)17(22)20-7-11(21)5-12(20)16-18-10(3)8-25-16/h6,8-9,11-12,15,21H,5,7H2,1-4H3/t11-,12+,15?/m1/s1. The van der Waals surface area contributed by atoms with E-state index < -0.39 is 12.0 Å². The third-order valence-electron chi connectivity index (χ3n) is 4.44. The molecule has 0 radical (unpaired) electrons. The lowest BCUT2D eigenvalue weighted by Gasteiger charge is -2.28. The van der Waals surface area contributed by atoms with Crippen LogP contribution in [0.25, 0.3) is 0 Å². The summed E-state index contributed by atoms with van der Waals surface area (Å²) in [6.07, 6.45) is -0.0429. The number of hydrogen-bond acceptors (Lipinski definition) is 7. The van der Waals surface area contributed by atoms with E-state index in [-0.39, 0.29) is 17.9 Å². The molecule has 0 saturated carbocycles. The van der Waals surface area contributed by atoms with Crippen molar-refractivity contribution in [1.82, 2.24) is 15.0 Å². The van der Waals surface area contributed by atoms with Gasteiger partial charge in [-0.15, -0.1) is 11.3 Å². The summed E-state index contributed by atoms with van der Waals surface area (Å²) in [5.74, 6) is 0.282. The molecule has 0 aliphatic carbocycles. The van der Waals surface area contributed by atoms with Crippen LogP contribution in [0, 0.1) is 12.8 Å². The van der Waals surface area contributed by atoms with E-state index in [1.54, 1.807) is 11.0 Å². The van der Waals surface area contributed by atoms with Gasteiger partial charge in [-0.1, -0.05) is 13.8 Å². The lowest BCUT2D eigenvalue weighted by Crippen LogP contribution is -2.37. The Morgan fingerprint density at radius 3 is 2.84 bits per heavy atom. The van der Waals surface area contributed by atoms with Gasteiger partial charge >= 0.3 is 0 Å².